The molecule has 1 aromatic rings. The molecule has 1 unspecified atom stereocenters. The van der Waals surface area contributed by atoms with E-state index in [-0.39, 0.29) is 6.42 Å². The van der Waals surface area contributed by atoms with Crippen molar-refractivity contribution in [2.75, 3.05) is 11.4 Å². The summed E-state index contributed by atoms with van der Waals surface area (Å²) < 4.78 is 0. The molecule has 1 heterocycles. The molecule has 1 aliphatic rings. The van der Waals surface area contributed by atoms with Crippen LogP contribution in [0.5, 0.6) is 0 Å². The van der Waals surface area contributed by atoms with Crippen LogP contribution in [0.4, 0.5) is 5.69 Å². The maximum absolute atomic E-state index is 10.8. The van der Waals surface area contributed by atoms with Gasteiger partial charge in [-0.05, 0) is 44.4 Å². The van der Waals surface area contributed by atoms with Crippen LogP contribution in [0.3, 0.4) is 0 Å². The van der Waals surface area contributed by atoms with Gasteiger partial charge in [0.15, 0.2) is 0 Å². The molecular formula is C15H21NO2. The van der Waals surface area contributed by atoms with Gasteiger partial charge in [0.05, 0.1) is 0 Å². The molecule has 0 amide bonds. The summed E-state index contributed by atoms with van der Waals surface area (Å²) in [5.74, 6) is -0.340. The maximum atomic E-state index is 10.8. The van der Waals surface area contributed by atoms with Crippen LogP contribution in [0.1, 0.15) is 43.7 Å². The monoisotopic (exact) mass is 247 g/mol. The van der Waals surface area contributed by atoms with Crippen LogP contribution < -0.4 is 4.90 Å². The molecule has 0 aliphatic carbocycles. The van der Waals surface area contributed by atoms with Crippen molar-refractivity contribution in [1.29, 1.82) is 0 Å². The van der Waals surface area contributed by atoms with Gasteiger partial charge in [-0.2, -0.15) is 0 Å². The Labute approximate surface area is 108 Å². The molecule has 0 spiro atoms. The highest BCUT2D eigenvalue weighted by Gasteiger charge is 2.31. The number of hydrogen-bond acceptors (Lipinski definition) is 2. The first kappa shape index (κ1) is 12.9. The first-order chi connectivity index (χ1) is 8.50. The number of rotatable bonds is 4. The Morgan fingerprint density at radius 3 is 2.83 bits per heavy atom. The summed E-state index contributed by atoms with van der Waals surface area (Å²) in [6.45, 7) is 7.44. The van der Waals surface area contributed by atoms with E-state index in [4.69, 9.17) is 5.11 Å². The number of fused-ring (bicyclic) bond motifs is 1. The molecule has 1 atom stereocenters. The second-order valence-corrected chi connectivity index (χ2v) is 5.38. The molecule has 18 heavy (non-hydrogen) atoms. The van der Waals surface area contributed by atoms with E-state index in [9.17, 15) is 4.79 Å². The number of anilines is 1. The van der Waals surface area contributed by atoms with Gasteiger partial charge in [0.25, 0.3) is 0 Å². The number of nitrogens with zero attached hydrogens (tertiary/aromatic N) is 1. The SMILES string of the molecule is Cc1cccc2c1C(CCC(=O)O)CN2C(C)C. The van der Waals surface area contributed by atoms with Crippen LogP contribution in [0.25, 0.3) is 0 Å². The molecule has 3 nitrogen and oxygen atoms in total. The lowest BCUT2D eigenvalue weighted by Gasteiger charge is -2.24. The molecule has 2 rings (SSSR count). The molecule has 3 heteroatoms. The highest BCUT2D eigenvalue weighted by Crippen LogP contribution is 2.41. The Morgan fingerprint density at radius 1 is 1.50 bits per heavy atom. The molecule has 0 fully saturated rings. The van der Waals surface area contributed by atoms with Crippen molar-refractivity contribution in [2.45, 2.75) is 45.6 Å². The third-order valence-electron chi connectivity index (χ3n) is 3.77. The van der Waals surface area contributed by atoms with E-state index in [2.05, 4.69) is 43.9 Å². The number of hydrogen-bond donors (Lipinski definition) is 1. The Hall–Kier alpha value is -1.51. The fraction of sp³-hybridized carbons (Fsp3) is 0.533. The van der Waals surface area contributed by atoms with E-state index in [1.807, 2.05) is 0 Å². The minimum atomic E-state index is -0.701. The fourth-order valence-corrected chi connectivity index (χ4v) is 2.90. The first-order valence-corrected chi connectivity index (χ1v) is 6.58. The zero-order chi connectivity index (χ0) is 13.3. The zero-order valence-electron chi connectivity index (χ0n) is 11.3. The molecule has 0 saturated carbocycles. The number of carboxylic acid groups (broad SMARTS) is 1. The van der Waals surface area contributed by atoms with Crippen molar-refractivity contribution in [3.05, 3.63) is 29.3 Å². The van der Waals surface area contributed by atoms with Gasteiger partial charge in [-0.1, -0.05) is 12.1 Å². The second-order valence-electron chi connectivity index (χ2n) is 5.38. The van der Waals surface area contributed by atoms with E-state index in [1.54, 1.807) is 0 Å². The zero-order valence-corrected chi connectivity index (χ0v) is 11.3. The van der Waals surface area contributed by atoms with Gasteiger partial charge in [-0.15, -0.1) is 0 Å². The average molecular weight is 247 g/mol. The summed E-state index contributed by atoms with van der Waals surface area (Å²) in [7, 11) is 0. The van der Waals surface area contributed by atoms with E-state index < -0.39 is 5.97 Å². The van der Waals surface area contributed by atoms with E-state index in [0.29, 0.717) is 12.0 Å². The summed E-state index contributed by atoms with van der Waals surface area (Å²) in [5, 5.41) is 8.85. The largest absolute Gasteiger partial charge is 0.481 e. The summed E-state index contributed by atoms with van der Waals surface area (Å²) in [6, 6.07) is 6.82. The molecule has 0 aromatic heterocycles. The maximum Gasteiger partial charge on any atom is 0.303 e. The van der Waals surface area contributed by atoms with Crippen molar-refractivity contribution in [3.63, 3.8) is 0 Å². The lowest BCUT2D eigenvalue weighted by molar-refractivity contribution is -0.137. The quantitative estimate of drug-likeness (QED) is 0.888. The average Bonchev–Trinajstić information content (AvgIpc) is 2.67. The summed E-state index contributed by atoms with van der Waals surface area (Å²) in [6.07, 6.45) is 0.987. The standard InChI is InChI=1S/C15H21NO2/c1-10(2)16-9-12(7-8-14(17)18)15-11(3)5-4-6-13(15)16/h4-6,10,12H,7-9H2,1-3H3,(H,17,18). The van der Waals surface area contributed by atoms with Gasteiger partial charge in [0.1, 0.15) is 0 Å². The number of carbonyl (C=O) groups is 1. The van der Waals surface area contributed by atoms with Crippen LogP contribution in [0, 0.1) is 6.92 Å². The van der Waals surface area contributed by atoms with Gasteiger partial charge < -0.3 is 10.0 Å². The predicted octanol–water partition coefficient (Wildman–Crippen LogP) is 3.17. The van der Waals surface area contributed by atoms with Crippen LogP contribution in [-0.2, 0) is 4.79 Å². The van der Waals surface area contributed by atoms with Crippen molar-refractivity contribution < 1.29 is 9.90 Å². The number of carboxylic acids is 1. The van der Waals surface area contributed by atoms with Crippen LogP contribution in [0.15, 0.2) is 18.2 Å². The summed E-state index contributed by atoms with van der Waals surface area (Å²) in [4.78, 5) is 13.1. The van der Waals surface area contributed by atoms with Crippen molar-refractivity contribution in [3.8, 4) is 0 Å². The molecule has 0 saturated heterocycles. The number of benzene rings is 1. The van der Waals surface area contributed by atoms with Gasteiger partial charge >= 0.3 is 5.97 Å². The Bertz CT molecular complexity index is 454. The molecule has 1 aliphatic heterocycles. The topological polar surface area (TPSA) is 40.5 Å². The van der Waals surface area contributed by atoms with E-state index in [1.165, 1.54) is 16.8 Å². The van der Waals surface area contributed by atoms with Crippen molar-refractivity contribution in [2.24, 2.45) is 0 Å². The summed E-state index contributed by atoms with van der Waals surface area (Å²) in [5.41, 5.74) is 3.93. The molecule has 0 radical (unpaired) electrons. The number of aliphatic carboxylic acids is 1. The highest BCUT2D eigenvalue weighted by molar-refractivity contribution is 5.68. The Balaban J connectivity index is 2.29. The van der Waals surface area contributed by atoms with Crippen LogP contribution in [-0.4, -0.2) is 23.7 Å². The van der Waals surface area contributed by atoms with Gasteiger partial charge in [-0.25, -0.2) is 0 Å². The van der Waals surface area contributed by atoms with Crippen LogP contribution in [0.2, 0.25) is 0 Å². The highest BCUT2D eigenvalue weighted by atomic mass is 16.4. The lowest BCUT2D eigenvalue weighted by Crippen LogP contribution is -2.29. The van der Waals surface area contributed by atoms with Crippen molar-refractivity contribution >= 4 is 11.7 Å². The van der Waals surface area contributed by atoms with E-state index >= 15 is 0 Å². The molecule has 1 aromatic carbocycles. The minimum Gasteiger partial charge on any atom is -0.481 e. The third-order valence-corrected chi connectivity index (χ3v) is 3.77. The molecule has 1 N–H and O–H groups in total. The van der Waals surface area contributed by atoms with E-state index in [0.717, 1.165) is 13.0 Å². The summed E-state index contributed by atoms with van der Waals surface area (Å²) >= 11 is 0. The molecule has 98 valence electrons. The molecule has 0 bridgehead atoms. The Kier molecular flexibility index (Phi) is 3.60. The predicted molar refractivity (Wildman–Crippen MR) is 73.3 cm³/mol. The normalized spacial score (nSPS) is 18.2. The molecular weight excluding hydrogens is 226 g/mol. The second kappa shape index (κ2) is 5.01. The lowest BCUT2D eigenvalue weighted by atomic mass is 9.93. The first-order valence-electron chi connectivity index (χ1n) is 6.58. The van der Waals surface area contributed by atoms with Crippen LogP contribution >= 0.6 is 0 Å². The van der Waals surface area contributed by atoms with Gasteiger partial charge in [0, 0.05) is 30.6 Å². The Morgan fingerprint density at radius 2 is 2.22 bits per heavy atom. The van der Waals surface area contributed by atoms with Gasteiger partial charge in [-0.3, -0.25) is 4.79 Å². The number of aryl methyl sites for hydroxylation is 1. The van der Waals surface area contributed by atoms with Gasteiger partial charge in [0.2, 0.25) is 0 Å². The van der Waals surface area contributed by atoms with Crippen molar-refractivity contribution in [1.82, 2.24) is 0 Å². The smallest absolute Gasteiger partial charge is 0.303 e. The fourth-order valence-electron chi connectivity index (χ4n) is 2.90. The minimum absolute atomic E-state index is 0.254. The third kappa shape index (κ3) is 2.35.